The number of amides is 1. The average Bonchev–Trinajstić information content (AvgIpc) is 3.26. The Bertz CT molecular complexity index is 745. The van der Waals surface area contributed by atoms with Crippen LogP contribution in [-0.2, 0) is 4.79 Å². The van der Waals surface area contributed by atoms with Crippen LogP contribution in [0.3, 0.4) is 0 Å². The first-order valence-corrected chi connectivity index (χ1v) is 10.3. The maximum atomic E-state index is 12.3. The molecule has 0 bridgehead atoms. The van der Waals surface area contributed by atoms with Gasteiger partial charge in [0.2, 0.25) is 5.91 Å². The molecule has 0 radical (unpaired) electrons. The monoisotopic (exact) mass is 358 g/mol. The second kappa shape index (κ2) is 7.28. The molecular weight excluding hydrogens is 332 g/mol. The first kappa shape index (κ1) is 16.8. The molecule has 1 saturated heterocycles. The molecule has 1 aliphatic heterocycles. The van der Waals surface area contributed by atoms with E-state index in [1.807, 2.05) is 0 Å². The lowest BCUT2D eigenvalue weighted by atomic mass is 10.0. The summed E-state index contributed by atoms with van der Waals surface area (Å²) in [6.45, 7) is 3.98. The SMILES string of the molecule is Cc1csc2c(N3CCC(NC(=O)CC4CCCC4)CC3)ncnc12. The Balaban J connectivity index is 1.34. The van der Waals surface area contributed by atoms with Gasteiger partial charge in [-0.25, -0.2) is 9.97 Å². The molecule has 2 aromatic heterocycles. The lowest BCUT2D eigenvalue weighted by Gasteiger charge is -2.33. The number of carbonyl (C=O) groups excluding carboxylic acids is 1. The molecule has 3 heterocycles. The van der Waals surface area contributed by atoms with Crippen molar-refractivity contribution in [3.63, 3.8) is 0 Å². The third kappa shape index (κ3) is 3.64. The molecule has 0 spiro atoms. The molecular formula is C19H26N4OS. The van der Waals surface area contributed by atoms with Gasteiger partial charge in [0.15, 0.2) is 0 Å². The molecule has 1 saturated carbocycles. The summed E-state index contributed by atoms with van der Waals surface area (Å²) < 4.78 is 1.18. The quantitative estimate of drug-likeness (QED) is 0.906. The minimum Gasteiger partial charge on any atom is -0.355 e. The largest absolute Gasteiger partial charge is 0.355 e. The lowest BCUT2D eigenvalue weighted by molar-refractivity contribution is -0.122. The maximum absolute atomic E-state index is 12.3. The summed E-state index contributed by atoms with van der Waals surface area (Å²) in [5.41, 5.74) is 2.29. The predicted octanol–water partition coefficient (Wildman–Crippen LogP) is 3.67. The molecule has 25 heavy (non-hydrogen) atoms. The topological polar surface area (TPSA) is 58.1 Å². The van der Waals surface area contributed by atoms with Crippen molar-refractivity contribution in [2.45, 2.75) is 57.9 Å². The predicted molar refractivity (Wildman–Crippen MR) is 102 cm³/mol. The standard InChI is InChI=1S/C19H26N4OS/c1-13-11-25-18-17(13)20-12-21-19(18)23-8-6-15(7-9-23)22-16(24)10-14-4-2-3-5-14/h11-12,14-15H,2-10H2,1H3,(H,22,24). The van der Waals surface area contributed by atoms with Gasteiger partial charge in [-0.3, -0.25) is 4.79 Å². The molecule has 2 aliphatic rings. The van der Waals surface area contributed by atoms with Gasteiger partial charge in [0.05, 0.1) is 10.2 Å². The summed E-state index contributed by atoms with van der Waals surface area (Å²) >= 11 is 1.73. The molecule has 1 amide bonds. The molecule has 5 nitrogen and oxygen atoms in total. The van der Waals surface area contributed by atoms with E-state index in [-0.39, 0.29) is 5.91 Å². The molecule has 1 aliphatic carbocycles. The van der Waals surface area contributed by atoms with E-state index in [1.165, 1.54) is 35.9 Å². The fourth-order valence-corrected chi connectivity index (χ4v) is 5.20. The van der Waals surface area contributed by atoms with Crippen LogP contribution in [0.2, 0.25) is 0 Å². The van der Waals surface area contributed by atoms with Crippen LogP contribution in [0.5, 0.6) is 0 Å². The third-order valence-electron chi connectivity index (χ3n) is 5.62. The highest BCUT2D eigenvalue weighted by atomic mass is 32.1. The van der Waals surface area contributed by atoms with Gasteiger partial charge in [0, 0.05) is 25.6 Å². The number of nitrogens with zero attached hydrogens (tertiary/aromatic N) is 3. The zero-order chi connectivity index (χ0) is 17.2. The molecule has 2 aromatic rings. The third-order valence-corrected chi connectivity index (χ3v) is 6.70. The van der Waals surface area contributed by atoms with Crippen LogP contribution >= 0.6 is 11.3 Å². The Hall–Kier alpha value is -1.69. The number of piperidine rings is 1. The van der Waals surface area contributed by atoms with E-state index in [2.05, 4.69) is 32.5 Å². The number of aromatic nitrogens is 2. The number of fused-ring (bicyclic) bond motifs is 1. The van der Waals surface area contributed by atoms with Gasteiger partial charge in [0.1, 0.15) is 12.1 Å². The average molecular weight is 359 g/mol. The smallest absolute Gasteiger partial charge is 0.220 e. The fraction of sp³-hybridized carbons (Fsp3) is 0.632. The molecule has 6 heteroatoms. The molecule has 0 unspecified atom stereocenters. The molecule has 2 fully saturated rings. The van der Waals surface area contributed by atoms with Crippen molar-refractivity contribution in [3.05, 3.63) is 17.3 Å². The van der Waals surface area contributed by atoms with Gasteiger partial charge in [-0.15, -0.1) is 11.3 Å². The molecule has 0 atom stereocenters. The van der Waals surface area contributed by atoms with Crippen molar-refractivity contribution >= 4 is 33.3 Å². The Morgan fingerprint density at radius 1 is 1.24 bits per heavy atom. The molecule has 0 aromatic carbocycles. The summed E-state index contributed by atoms with van der Waals surface area (Å²) in [7, 11) is 0. The Labute approximate surface area is 152 Å². The van der Waals surface area contributed by atoms with Crippen molar-refractivity contribution in [2.75, 3.05) is 18.0 Å². The van der Waals surface area contributed by atoms with Gasteiger partial charge in [0.25, 0.3) is 0 Å². The van der Waals surface area contributed by atoms with Crippen LogP contribution in [0.4, 0.5) is 5.82 Å². The number of aryl methyl sites for hydroxylation is 1. The Morgan fingerprint density at radius 3 is 2.76 bits per heavy atom. The van der Waals surface area contributed by atoms with Gasteiger partial charge >= 0.3 is 0 Å². The number of thiophene rings is 1. The summed E-state index contributed by atoms with van der Waals surface area (Å²) in [5.74, 6) is 1.93. The van der Waals surface area contributed by atoms with Gasteiger partial charge < -0.3 is 10.2 Å². The van der Waals surface area contributed by atoms with Crippen LogP contribution in [0, 0.1) is 12.8 Å². The zero-order valence-corrected chi connectivity index (χ0v) is 15.6. The molecule has 134 valence electrons. The summed E-state index contributed by atoms with van der Waals surface area (Å²) in [6.07, 6.45) is 9.44. The van der Waals surface area contributed by atoms with Crippen molar-refractivity contribution in [2.24, 2.45) is 5.92 Å². The second-order valence-electron chi connectivity index (χ2n) is 7.48. The first-order valence-electron chi connectivity index (χ1n) is 9.44. The minimum absolute atomic E-state index is 0.253. The number of hydrogen-bond donors (Lipinski definition) is 1. The first-order chi connectivity index (χ1) is 12.2. The highest BCUT2D eigenvalue weighted by molar-refractivity contribution is 7.18. The maximum Gasteiger partial charge on any atom is 0.220 e. The van der Waals surface area contributed by atoms with Crippen LogP contribution in [0.25, 0.3) is 10.2 Å². The second-order valence-corrected chi connectivity index (χ2v) is 8.36. The Morgan fingerprint density at radius 2 is 2.00 bits per heavy atom. The van der Waals surface area contributed by atoms with Gasteiger partial charge in [-0.2, -0.15) is 0 Å². The number of rotatable bonds is 4. The van der Waals surface area contributed by atoms with Crippen LogP contribution in [-0.4, -0.2) is 35.0 Å². The fourth-order valence-electron chi connectivity index (χ4n) is 4.18. The van der Waals surface area contributed by atoms with E-state index in [1.54, 1.807) is 17.7 Å². The van der Waals surface area contributed by atoms with E-state index in [9.17, 15) is 4.79 Å². The van der Waals surface area contributed by atoms with Gasteiger partial charge in [-0.1, -0.05) is 12.8 Å². The van der Waals surface area contributed by atoms with Crippen molar-refractivity contribution in [3.8, 4) is 0 Å². The van der Waals surface area contributed by atoms with E-state index < -0.39 is 0 Å². The zero-order valence-electron chi connectivity index (χ0n) is 14.8. The highest BCUT2D eigenvalue weighted by Crippen LogP contribution is 2.32. The lowest BCUT2D eigenvalue weighted by Crippen LogP contribution is -2.45. The normalized spacial score (nSPS) is 19.6. The number of nitrogens with one attached hydrogen (secondary N) is 1. The van der Waals surface area contributed by atoms with Crippen LogP contribution in [0.15, 0.2) is 11.7 Å². The molecule has 1 N–H and O–H groups in total. The summed E-state index contributed by atoms with van der Waals surface area (Å²) in [4.78, 5) is 23.6. The van der Waals surface area contributed by atoms with Gasteiger partial charge in [-0.05, 0) is 49.5 Å². The van der Waals surface area contributed by atoms with E-state index in [0.29, 0.717) is 12.0 Å². The highest BCUT2D eigenvalue weighted by Gasteiger charge is 2.25. The summed E-state index contributed by atoms with van der Waals surface area (Å²) in [5, 5.41) is 5.41. The number of hydrogen-bond acceptors (Lipinski definition) is 5. The van der Waals surface area contributed by atoms with E-state index in [0.717, 1.165) is 43.7 Å². The number of carbonyl (C=O) groups is 1. The van der Waals surface area contributed by atoms with Crippen LogP contribution < -0.4 is 10.2 Å². The van der Waals surface area contributed by atoms with Crippen molar-refractivity contribution in [1.82, 2.24) is 15.3 Å². The van der Waals surface area contributed by atoms with E-state index in [4.69, 9.17) is 0 Å². The van der Waals surface area contributed by atoms with E-state index >= 15 is 0 Å². The number of anilines is 1. The van der Waals surface area contributed by atoms with Crippen LogP contribution in [0.1, 0.15) is 50.5 Å². The van der Waals surface area contributed by atoms with Crippen molar-refractivity contribution < 1.29 is 4.79 Å². The minimum atomic E-state index is 0.253. The van der Waals surface area contributed by atoms with Crippen molar-refractivity contribution in [1.29, 1.82) is 0 Å². The molecule has 4 rings (SSSR count). The summed E-state index contributed by atoms with van der Waals surface area (Å²) in [6, 6.07) is 0.313. The Kier molecular flexibility index (Phi) is 4.88.